The Balaban J connectivity index is 2.96. The lowest BCUT2D eigenvalue weighted by molar-refractivity contribution is -0.246. The van der Waals surface area contributed by atoms with Crippen LogP contribution in [0.15, 0.2) is 18.2 Å². The molecule has 0 heterocycles. The number of aryl methyl sites for hydroxylation is 2. The molecule has 0 aromatic heterocycles. The van der Waals surface area contributed by atoms with E-state index in [9.17, 15) is 9.90 Å². The maximum absolute atomic E-state index is 11.1. The summed E-state index contributed by atoms with van der Waals surface area (Å²) in [6.07, 6.45) is 0.691. The molecule has 0 spiro atoms. The summed E-state index contributed by atoms with van der Waals surface area (Å²) in [7, 11) is 0. The van der Waals surface area contributed by atoms with E-state index >= 15 is 0 Å². The first-order chi connectivity index (χ1) is 7.56. The van der Waals surface area contributed by atoms with Crippen molar-refractivity contribution in [3.05, 3.63) is 29.3 Å². The minimum Gasteiger partial charge on any atom is -0.530 e. The Hall–Kier alpha value is -1.51. The number of amides is 1. The van der Waals surface area contributed by atoms with Crippen LogP contribution in [0, 0.1) is 13.8 Å². The van der Waals surface area contributed by atoms with E-state index in [1.54, 1.807) is 0 Å². The van der Waals surface area contributed by atoms with E-state index in [0.717, 1.165) is 29.7 Å². The molecular formula is C13H18NO2-. The standard InChI is InChI=1S/C13H19NO2/c1-4-5-8-14(13(15)16)12-7-6-10(2)9-11(12)3/h6-7,9H,4-5,8H2,1-3H3,(H,15,16)/p-1. The first kappa shape index (κ1) is 12.6. The minimum absolute atomic E-state index is 0.503. The second-order valence-corrected chi connectivity index (χ2v) is 4.06. The molecule has 1 rings (SSSR count). The highest BCUT2D eigenvalue weighted by molar-refractivity contribution is 5.85. The Bertz CT molecular complexity index is 374. The molecular weight excluding hydrogens is 202 g/mol. The van der Waals surface area contributed by atoms with Crippen LogP contribution in [0.5, 0.6) is 0 Å². The largest absolute Gasteiger partial charge is 0.530 e. The molecule has 1 amide bonds. The summed E-state index contributed by atoms with van der Waals surface area (Å²) < 4.78 is 0. The summed E-state index contributed by atoms with van der Waals surface area (Å²) in [5.74, 6) is 0. The van der Waals surface area contributed by atoms with Crippen LogP contribution in [0.25, 0.3) is 0 Å². The van der Waals surface area contributed by atoms with Crippen molar-refractivity contribution in [3.63, 3.8) is 0 Å². The van der Waals surface area contributed by atoms with Crippen molar-refractivity contribution < 1.29 is 9.90 Å². The van der Waals surface area contributed by atoms with E-state index in [1.165, 1.54) is 4.90 Å². The molecule has 1 aromatic rings. The van der Waals surface area contributed by atoms with Crippen LogP contribution in [0.3, 0.4) is 0 Å². The number of nitrogens with zero attached hydrogens (tertiary/aromatic N) is 1. The van der Waals surface area contributed by atoms with Crippen molar-refractivity contribution in [3.8, 4) is 0 Å². The topological polar surface area (TPSA) is 43.4 Å². The number of anilines is 1. The summed E-state index contributed by atoms with van der Waals surface area (Å²) in [6.45, 7) is 6.45. The maximum atomic E-state index is 11.1. The molecule has 3 nitrogen and oxygen atoms in total. The number of hydrogen-bond donors (Lipinski definition) is 0. The Labute approximate surface area is 96.7 Å². The predicted octanol–water partition coefficient (Wildman–Crippen LogP) is 2.25. The Kier molecular flexibility index (Phi) is 4.35. The van der Waals surface area contributed by atoms with Crippen LogP contribution < -0.4 is 10.0 Å². The lowest BCUT2D eigenvalue weighted by atomic mass is 10.1. The second kappa shape index (κ2) is 5.54. The van der Waals surface area contributed by atoms with Gasteiger partial charge in [0.05, 0.1) is 0 Å². The van der Waals surface area contributed by atoms with E-state index in [0.29, 0.717) is 6.54 Å². The zero-order valence-electron chi connectivity index (χ0n) is 10.1. The molecule has 0 aliphatic rings. The molecule has 0 saturated heterocycles. The van der Waals surface area contributed by atoms with Crippen LogP contribution >= 0.6 is 0 Å². The maximum Gasteiger partial charge on any atom is 0.141 e. The van der Waals surface area contributed by atoms with Crippen molar-refractivity contribution in [2.45, 2.75) is 33.6 Å². The summed E-state index contributed by atoms with van der Waals surface area (Å²) in [4.78, 5) is 12.4. The third-order valence-corrected chi connectivity index (χ3v) is 2.60. The Morgan fingerprint density at radius 3 is 2.56 bits per heavy atom. The molecule has 0 aliphatic carbocycles. The summed E-state index contributed by atoms with van der Waals surface area (Å²) in [5.41, 5.74) is 2.84. The van der Waals surface area contributed by atoms with E-state index in [2.05, 4.69) is 0 Å². The number of hydrogen-bond acceptors (Lipinski definition) is 2. The monoisotopic (exact) mass is 220 g/mol. The fraction of sp³-hybridized carbons (Fsp3) is 0.462. The van der Waals surface area contributed by atoms with Gasteiger partial charge in [-0.15, -0.1) is 0 Å². The second-order valence-electron chi connectivity index (χ2n) is 4.06. The van der Waals surface area contributed by atoms with Gasteiger partial charge >= 0.3 is 0 Å². The van der Waals surface area contributed by atoms with Gasteiger partial charge in [-0.3, -0.25) is 0 Å². The van der Waals surface area contributed by atoms with E-state index < -0.39 is 6.09 Å². The average molecular weight is 220 g/mol. The van der Waals surface area contributed by atoms with Gasteiger partial charge in [0.25, 0.3) is 0 Å². The van der Waals surface area contributed by atoms with Crippen LogP contribution in [-0.2, 0) is 0 Å². The van der Waals surface area contributed by atoms with Gasteiger partial charge in [0.2, 0.25) is 0 Å². The first-order valence-electron chi connectivity index (χ1n) is 5.62. The first-order valence-corrected chi connectivity index (χ1v) is 5.62. The average Bonchev–Trinajstić information content (AvgIpc) is 2.20. The molecule has 0 saturated carbocycles. The zero-order chi connectivity index (χ0) is 12.1. The third kappa shape index (κ3) is 2.99. The van der Waals surface area contributed by atoms with Gasteiger partial charge in [-0.25, -0.2) is 0 Å². The molecule has 0 N–H and O–H groups in total. The highest BCUT2D eigenvalue weighted by atomic mass is 16.4. The van der Waals surface area contributed by atoms with Gasteiger partial charge in [0.1, 0.15) is 6.09 Å². The van der Waals surface area contributed by atoms with Crippen molar-refractivity contribution >= 4 is 11.8 Å². The third-order valence-electron chi connectivity index (χ3n) is 2.60. The van der Waals surface area contributed by atoms with Gasteiger partial charge in [-0.05, 0) is 31.9 Å². The lowest BCUT2D eigenvalue weighted by Gasteiger charge is -2.26. The van der Waals surface area contributed by atoms with Crippen molar-refractivity contribution in [1.29, 1.82) is 0 Å². The van der Waals surface area contributed by atoms with E-state index in [-0.39, 0.29) is 0 Å². The van der Waals surface area contributed by atoms with Gasteiger partial charge in [-0.2, -0.15) is 0 Å². The molecule has 0 aliphatic heterocycles. The van der Waals surface area contributed by atoms with Crippen LogP contribution in [0.4, 0.5) is 10.5 Å². The lowest BCUT2D eigenvalue weighted by Crippen LogP contribution is -2.42. The summed E-state index contributed by atoms with van der Waals surface area (Å²) in [5, 5.41) is 11.1. The van der Waals surface area contributed by atoms with E-state index in [1.807, 2.05) is 39.0 Å². The number of carbonyl (C=O) groups excluding carboxylic acids is 1. The summed E-state index contributed by atoms with van der Waals surface area (Å²) in [6, 6.07) is 5.75. The smallest absolute Gasteiger partial charge is 0.141 e. The predicted molar refractivity (Wildman–Crippen MR) is 63.6 cm³/mol. The molecule has 0 atom stereocenters. The van der Waals surface area contributed by atoms with Crippen LogP contribution in [-0.4, -0.2) is 12.6 Å². The van der Waals surface area contributed by atoms with Crippen molar-refractivity contribution in [1.82, 2.24) is 0 Å². The SMILES string of the molecule is CCCCN(C(=O)[O-])c1ccc(C)cc1C. The molecule has 3 heteroatoms. The Morgan fingerprint density at radius 1 is 1.38 bits per heavy atom. The highest BCUT2D eigenvalue weighted by Gasteiger charge is 2.09. The number of unbranched alkanes of at least 4 members (excludes halogenated alkanes) is 1. The zero-order valence-corrected chi connectivity index (χ0v) is 10.1. The number of carboxylic acid groups (broad SMARTS) is 1. The molecule has 88 valence electrons. The van der Waals surface area contributed by atoms with Crippen LogP contribution in [0.2, 0.25) is 0 Å². The molecule has 0 fully saturated rings. The van der Waals surface area contributed by atoms with Crippen LogP contribution in [0.1, 0.15) is 30.9 Å². The molecule has 0 bridgehead atoms. The molecule has 1 aromatic carbocycles. The number of carbonyl (C=O) groups is 1. The fourth-order valence-corrected chi connectivity index (χ4v) is 1.73. The fourth-order valence-electron chi connectivity index (χ4n) is 1.73. The minimum atomic E-state index is -1.12. The quantitative estimate of drug-likeness (QED) is 0.781. The number of rotatable bonds is 4. The molecule has 0 unspecified atom stereocenters. The van der Waals surface area contributed by atoms with Gasteiger partial charge < -0.3 is 14.8 Å². The number of benzene rings is 1. The van der Waals surface area contributed by atoms with E-state index in [4.69, 9.17) is 0 Å². The highest BCUT2D eigenvalue weighted by Crippen LogP contribution is 2.21. The van der Waals surface area contributed by atoms with Gasteiger partial charge in [0, 0.05) is 12.2 Å². The van der Waals surface area contributed by atoms with Gasteiger partial charge in [0.15, 0.2) is 0 Å². The van der Waals surface area contributed by atoms with Crippen molar-refractivity contribution in [2.75, 3.05) is 11.4 Å². The van der Waals surface area contributed by atoms with Gasteiger partial charge in [-0.1, -0.05) is 31.0 Å². The molecule has 16 heavy (non-hydrogen) atoms. The molecule has 0 radical (unpaired) electrons. The summed E-state index contributed by atoms with van der Waals surface area (Å²) >= 11 is 0. The Morgan fingerprint density at radius 2 is 2.06 bits per heavy atom. The van der Waals surface area contributed by atoms with Crippen molar-refractivity contribution in [2.24, 2.45) is 0 Å². The normalized spacial score (nSPS) is 10.2.